The van der Waals surface area contributed by atoms with Crippen molar-refractivity contribution in [1.82, 2.24) is 20.0 Å². The van der Waals surface area contributed by atoms with Gasteiger partial charge < -0.3 is 20.2 Å². The zero-order chi connectivity index (χ0) is 20.1. The summed E-state index contributed by atoms with van der Waals surface area (Å²) >= 11 is 1.23. The van der Waals surface area contributed by atoms with Crippen LogP contribution in [0.25, 0.3) is 0 Å². The van der Waals surface area contributed by atoms with E-state index in [1.807, 2.05) is 49.3 Å². The van der Waals surface area contributed by atoms with Crippen molar-refractivity contribution < 1.29 is 14.7 Å². The van der Waals surface area contributed by atoms with E-state index in [0.29, 0.717) is 24.6 Å². The SMILES string of the molecule is CN(C)[C@@H]1CN(C(=O)CCC(=O)Nc2nncs2)CC[C@]1(O)c1ccccc1. The van der Waals surface area contributed by atoms with E-state index in [0.717, 1.165) is 5.56 Å². The van der Waals surface area contributed by atoms with Gasteiger partial charge in [-0.2, -0.15) is 0 Å². The molecule has 2 atom stereocenters. The molecule has 1 aromatic heterocycles. The number of piperidine rings is 1. The first kappa shape index (κ1) is 20.4. The Morgan fingerprint density at radius 2 is 2.07 bits per heavy atom. The molecule has 8 nitrogen and oxygen atoms in total. The smallest absolute Gasteiger partial charge is 0.226 e. The highest BCUT2D eigenvalue weighted by Crippen LogP contribution is 2.35. The number of carbonyl (C=O) groups excluding carboxylic acids is 2. The highest BCUT2D eigenvalue weighted by Gasteiger charge is 2.44. The number of hydrogen-bond acceptors (Lipinski definition) is 7. The molecule has 0 spiro atoms. The number of likely N-dealkylation sites (tertiary alicyclic amines) is 1. The number of amides is 2. The van der Waals surface area contributed by atoms with Crippen LogP contribution in [0.15, 0.2) is 35.8 Å². The van der Waals surface area contributed by atoms with Crippen LogP contribution in [-0.4, -0.2) is 70.1 Å². The Bertz CT molecular complexity index is 799. The van der Waals surface area contributed by atoms with Gasteiger partial charge in [-0.05, 0) is 26.1 Å². The van der Waals surface area contributed by atoms with Gasteiger partial charge in [0.2, 0.25) is 16.9 Å². The molecule has 0 bridgehead atoms. The Morgan fingerprint density at radius 3 is 2.71 bits per heavy atom. The monoisotopic (exact) mass is 403 g/mol. The third-order valence-electron chi connectivity index (χ3n) is 5.13. The van der Waals surface area contributed by atoms with E-state index < -0.39 is 5.60 Å². The number of carbonyl (C=O) groups is 2. The van der Waals surface area contributed by atoms with E-state index in [1.54, 1.807) is 4.90 Å². The fourth-order valence-corrected chi connectivity index (χ4v) is 4.05. The van der Waals surface area contributed by atoms with Crippen LogP contribution in [0.5, 0.6) is 0 Å². The highest BCUT2D eigenvalue weighted by atomic mass is 32.1. The zero-order valence-corrected chi connectivity index (χ0v) is 16.9. The minimum atomic E-state index is -1.02. The first-order valence-corrected chi connectivity index (χ1v) is 10.1. The largest absolute Gasteiger partial charge is 0.383 e. The van der Waals surface area contributed by atoms with Gasteiger partial charge in [0.1, 0.15) is 11.1 Å². The lowest BCUT2D eigenvalue weighted by Gasteiger charge is -2.47. The van der Waals surface area contributed by atoms with Crippen LogP contribution in [-0.2, 0) is 15.2 Å². The van der Waals surface area contributed by atoms with Crippen molar-refractivity contribution >= 4 is 28.3 Å². The molecule has 1 aliphatic heterocycles. The summed E-state index contributed by atoms with van der Waals surface area (Å²) in [6.07, 6.45) is 0.654. The Hall–Kier alpha value is -2.36. The molecule has 1 saturated heterocycles. The van der Waals surface area contributed by atoms with E-state index >= 15 is 0 Å². The number of benzene rings is 1. The van der Waals surface area contributed by atoms with Crippen molar-refractivity contribution in [3.63, 3.8) is 0 Å². The first-order chi connectivity index (χ1) is 13.4. The lowest BCUT2D eigenvalue weighted by atomic mass is 9.79. The minimum absolute atomic E-state index is 0.0878. The van der Waals surface area contributed by atoms with Crippen LogP contribution in [0.1, 0.15) is 24.8 Å². The molecular formula is C19H25N5O3S. The van der Waals surface area contributed by atoms with E-state index in [2.05, 4.69) is 15.5 Å². The van der Waals surface area contributed by atoms with Crippen molar-refractivity contribution in [2.45, 2.75) is 30.9 Å². The van der Waals surface area contributed by atoms with Gasteiger partial charge in [0, 0.05) is 25.9 Å². The van der Waals surface area contributed by atoms with Gasteiger partial charge in [-0.1, -0.05) is 41.7 Å². The van der Waals surface area contributed by atoms with Gasteiger partial charge >= 0.3 is 0 Å². The molecule has 28 heavy (non-hydrogen) atoms. The molecule has 0 unspecified atom stereocenters. The predicted octanol–water partition coefficient (Wildman–Crippen LogP) is 1.31. The summed E-state index contributed by atoms with van der Waals surface area (Å²) in [5.41, 5.74) is 1.37. The van der Waals surface area contributed by atoms with Crippen LogP contribution in [0.3, 0.4) is 0 Å². The maximum absolute atomic E-state index is 12.6. The van der Waals surface area contributed by atoms with Crippen molar-refractivity contribution in [2.24, 2.45) is 0 Å². The zero-order valence-electron chi connectivity index (χ0n) is 16.0. The molecule has 1 aromatic carbocycles. The van der Waals surface area contributed by atoms with E-state index in [-0.39, 0.29) is 30.7 Å². The molecule has 0 radical (unpaired) electrons. The van der Waals surface area contributed by atoms with E-state index in [1.165, 1.54) is 16.8 Å². The van der Waals surface area contributed by atoms with Gasteiger partial charge in [0.05, 0.1) is 6.04 Å². The Labute approximate surface area is 168 Å². The lowest BCUT2D eigenvalue weighted by Crippen LogP contribution is -2.60. The fourth-order valence-electron chi connectivity index (χ4n) is 3.59. The number of rotatable bonds is 6. The van der Waals surface area contributed by atoms with Crippen molar-refractivity contribution in [1.29, 1.82) is 0 Å². The molecular weight excluding hydrogens is 378 g/mol. The van der Waals surface area contributed by atoms with Crippen LogP contribution in [0, 0.1) is 0 Å². The quantitative estimate of drug-likeness (QED) is 0.755. The summed E-state index contributed by atoms with van der Waals surface area (Å²) in [7, 11) is 3.81. The molecule has 1 fully saturated rings. The third-order valence-corrected chi connectivity index (χ3v) is 5.74. The van der Waals surface area contributed by atoms with Crippen molar-refractivity contribution in [3.8, 4) is 0 Å². The maximum Gasteiger partial charge on any atom is 0.226 e. The second-order valence-electron chi connectivity index (χ2n) is 7.15. The summed E-state index contributed by atoms with van der Waals surface area (Å²) in [6.45, 7) is 0.863. The van der Waals surface area contributed by atoms with Gasteiger partial charge in [-0.25, -0.2) is 0 Å². The standard InChI is InChI=1S/C19H25N5O3S/c1-23(2)15-12-24(11-10-19(15,27)14-6-4-3-5-7-14)17(26)9-8-16(25)21-18-22-20-13-28-18/h3-7,13,15,27H,8-12H2,1-2H3,(H,21,22,25)/t15-,19+/m1/s1. The molecule has 0 aliphatic carbocycles. The lowest BCUT2D eigenvalue weighted by molar-refractivity contribution is -0.143. The average Bonchev–Trinajstić information content (AvgIpc) is 3.20. The molecule has 0 saturated carbocycles. The Balaban J connectivity index is 1.60. The number of aliphatic hydroxyl groups is 1. The van der Waals surface area contributed by atoms with Crippen LogP contribution in [0.4, 0.5) is 5.13 Å². The molecule has 2 N–H and O–H groups in total. The molecule has 2 heterocycles. The summed E-state index contributed by atoms with van der Waals surface area (Å²) in [4.78, 5) is 28.3. The molecule has 9 heteroatoms. The van der Waals surface area contributed by atoms with E-state index in [9.17, 15) is 14.7 Å². The van der Waals surface area contributed by atoms with Gasteiger partial charge in [0.25, 0.3) is 0 Å². The predicted molar refractivity (Wildman–Crippen MR) is 107 cm³/mol. The summed E-state index contributed by atoms with van der Waals surface area (Å²) in [6, 6.07) is 9.35. The molecule has 1 aliphatic rings. The summed E-state index contributed by atoms with van der Waals surface area (Å²) < 4.78 is 0. The fraction of sp³-hybridized carbons (Fsp3) is 0.474. The number of anilines is 1. The Morgan fingerprint density at radius 1 is 1.32 bits per heavy atom. The van der Waals surface area contributed by atoms with Gasteiger partial charge in [-0.3, -0.25) is 9.59 Å². The second-order valence-corrected chi connectivity index (χ2v) is 7.98. The number of aromatic nitrogens is 2. The van der Waals surface area contributed by atoms with Crippen molar-refractivity contribution in [3.05, 3.63) is 41.4 Å². The number of likely N-dealkylation sites (N-methyl/N-ethyl adjacent to an activating group) is 1. The molecule has 3 rings (SSSR count). The van der Waals surface area contributed by atoms with Gasteiger partial charge in [-0.15, -0.1) is 10.2 Å². The molecule has 150 valence electrons. The average molecular weight is 404 g/mol. The topological polar surface area (TPSA) is 98.7 Å². The molecule has 2 amide bonds. The third kappa shape index (κ3) is 4.54. The normalized spacial score (nSPS) is 22.3. The summed E-state index contributed by atoms with van der Waals surface area (Å²) in [5.74, 6) is -0.346. The van der Waals surface area contributed by atoms with Crippen LogP contribution < -0.4 is 5.32 Å². The number of nitrogens with one attached hydrogen (secondary N) is 1. The Kier molecular flexibility index (Phi) is 6.38. The minimum Gasteiger partial charge on any atom is -0.383 e. The van der Waals surface area contributed by atoms with Gasteiger partial charge in [0.15, 0.2) is 0 Å². The van der Waals surface area contributed by atoms with Crippen LogP contribution in [0.2, 0.25) is 0 Å². The second kappa shape index (κ2) is 8.76. The first-order valence-electron chi connectivity index (χ1n) is 9.18. The van der Waals surface area contributed by atoms with Crippen LogP contribution >= 0.6 is 11.3 Å². The van der Waals surface area contributed by atoms with E-state index in [4.69, 9.17) is 0 Å². The number of hydrogen-bond donors (Lipinski definition) is 2. The highest BCUT2D eigenvalue weighted by molar-refractivity contribution is 7.13. The number of nitrogens with zero attached hydrogens (tertiary/aromatic N) is 4. The van der Waals surface area contributed by atoms with Crippen molar-refractivity contribution in [2.75, 3.05) is 32.5 Å². The summed E-state index contributed by atoms with van der Waals surface area (Å²) in [5, 5.41) is 21.8. The molecule has 2 aromatic rings. The maximum atomic E-state index is 12.6.